The molecule has 274 valence electrons. The molecule has 3 fully saturated rings. The number of carbonyl (C=O) groups is 3. The number of hydrogen-bond donors (Lipinski definition) is 4. The van der Waals surface area contributed by atoms with Crippen molar-refractivity contribution in [2.75, 3.05) is 38.6 Å². The van der Waals surface area contributed by atoms with Gasteiger partial charge in [-0.25, -0.2) is 4.79 Å². The maximum atomic E-state index is 13.6. The number of ketones is 1. The zero-order valence-corrected chi connectivity index (χ0v) is 30.1. The first-order chi connectivity index (χ1) is 25.1. The Labute approximate surface area is 309 Å². The van der Waals surface area contributed by atoms with Crippen LogP contribution in [0.3, 0.4) is 0 Å². The van der Waals surface area contributed by atoms with Crippen molar-refractivity contribution in [3.05, 3.63) is 98.4 Å². The normalized spacial score (nSPS) is 25.2. The number of hydrogen-bond acceptors (Lipinski definition) is 12. The number of epoxide rings is 1. The average molecular weight is 748 g/mol. The molecule has 7 rings (SSSR count). The molecule has 4 unspecified atom stereocenters. The SMILES string of the molecule is C[N+]1(CCOc2ccc(C(=O)CCNC[C@H](O)c3ccc([O-])c(NC=O)c3)cc2)C2CC(OC(=O)C(O)(c3cccs3)c3cccs3)CC1C1OC12. The number of benzene rings is 2. The molecule has 3 aliphatic heterocycles. The van der Waals surface area contributed by atoms with Gasteiger partial charge in [0.2, 0.25) is 12.0 Å². The molecule has 12 nitrogen and oxygen atoms in total. The van der Waals surface area contributed by atoms with E-state index >= 15 is 0 Å². The Bertz CT molecular complexity index is 1820. The molecule has 5 heterocycles. The van der Waals surface area contributed by atoms with E-state index in [1.54, 1.807) is 36.4 Å². The maximum Gasteiger partial charge on any atom is 0.349 e. The Morgan fingerprint density at radius 1 is 1.06 bits per heavy atom. The summed E-state index contributed by atoms with van der Waals surface area (Å²) in [6.07, 6.45) is 0.936. The number of anilines is 1. The van der Waals surface area contributed by atoms with Gasteiger partial charge in [0.25, 0.3) is 0 Å². The van der Waals surface area contributed by atoms with E-state index in [1.165, 1.54) is 40.9 Å². The highest BCUT2D eigenvalue weighted by Gasteiger charge is 2.72. The topological polar surface area (TPSA) is 170 Å². The van der Waals surface area contributed by atoms with E-state index in [0.717, 1.165) is 11.0 Å². The molecule has 4 N–H and O–H groups in total. The first kappa shape index (κ1) is 36.2. The van der Waals surface area contributed by atoms with Crippen molar-refractivity contribution in [3.8, 4) is 11.5 Å². The molecule has 2 bridgehead atoms. The number of piperidine rings is 1. The van der Waals surface area contributed by atoms with Crippen LogP contribution in [0.2, 0.25) is 0 Å². The Morgan fingerprint density at radius 3 is 2.35 bits per heavy atom. The Hall–Kier alpha value is -4.15. The number of aliphatic hydroxyl groups excluding tert-OH is 1. The minimum absolute atomic E-state index is 0.0524. The van der Waals surface area contributed by atoms with Crippen LogP contribution in [0.1, 0.15) is 51.0 Å². The van der Waals surface area contributed by atoms with Crippen LogP contribution >= 0.6 is 22.7 Å². The highest BCUT2D eigenvalue weighted by molar-refractivity contribution is 7.12. The lowest BCUT2D eigenvalue weighted by Crippen LogP contribution is -2.63. The van der Waals surface area contributed by atoms with Gasteiger partial charge >= 0.3 is 5.97 Å². The number of rotatable bonds is 17. The number of morpholine rings is 1. The van der Waals surface area contributed by atoms with Crippen molar-refractivity contribution in [3.63, 3.8) is 0 Å². The third-order valence-electron chi connectivity index (χ3n) is 10.7. The fraction of sp³-hybridized carbons (Fsp3) is 0.395. The molecule has 0 spiro atoms. The second kappa shape index (κ2) is 15.1. The summed E-state index contributed by atoms with van der Waals surface area (Å²) in [4.78, 5) is 38.2. The zero-order valence-electron chi connectivity index (χ0n) is 28.5. The first-order valence-corrected chi connectivity index (χ1v) is 19.1. The molecule has 2 aromatic carbocycles. The largest absolute Gasteiger partial charge is 0.871 e. The summed E-state index contributed by atoms with van der Waals surface area (Å²) in [5.41, 5.74) is -0.701. The van der Waals surface area contributed by atoms with E-state index in [-0.39, 0.29) is 60.6 Å². The third-order valence-corrected chi connectivity index (χ3v) is 12.6. The van der Waals surface area contributed by atoms with Gasteiger partial charge in [0.15, 0.2) is 5.78 Å². The van der Waals surface area contributed by atoms with Crippen LogP contribution in [0.5, 0.6) is 11.5 Å². The van der Waals surface area contributed by atoms with E-state index in [9.17, 15) is 29.7 Å². The average Bonchev–Trinajstić information content (AvgIpc) is 3.44. The number of quaternary nitrogens is 1. The highest BCUT2D eigenvalue weighted by atomic mass is 32.1. The lowest BCUT2D eigenvalue weighted by molar-refractivity contribution is -0.956. The molecule has 0 aliphatic carbocycles. The number of nitrogens with zero attached hydrogens (tertiary/aromatic N) is 1. The molecule has 3 saturated heterocycles. The van der Waals surface area contributed by atoms with Crippen molar-refractivity contribution < 1.29 is 48.4 Å². The number of thiophene rings is 2. The van der Waals surface area contributed by atoms with Crippen LogP contribution in [-0.2, 0) is 24.7 Å². The number of esters is 1. The monoisotopic (exact) mass is 747 g/mol. The number of aliphatic hydroxyl groups is 2. The number of ether oxygens (including phenoxy) is 3. The summed E-state index contributed by atoms with van der Waals surface area (Å²) in [7, 11) is 2.22. The zero-order chi connectivity index (χ0) is 36.5. The summed E-state index contributed by atoms with van der Waals surface area (Å²) in [6.45, 7) is 1.73. The second-order valence-electron chi connectivity index (χ2n) is 13.7. The van der Waals surface area contributed by atoms with Crippen molar-refractivity contribution in [1.82, 2.24) is 5.32 Å². The van der Waals surface area contributed by atoms with Gasteiger partial charge < -0.3 is 44.6 Å². The minimum Gasteiger partial charge on any atom is -0.871 e. The van der Waals surface area contributed by atoms with Gasteiger partial charge in [-0.2, -0.15) is 0 Å². The fourth-order valence-corrected chi connectivity index (χ4v) is 9.46. The molecular weight excluding hydrogens is 707 g/mol. The van der Waals surface area contributed by atoms with Crippen molar-refractivity contribution in [1.29, 1.82) is 0 Å². The number of nitrogens with one attached hydrogen (secondary N) is 2. The maximum absolute atomic E-state index is 13.6. The van der Waals surface area contributed by atoms with Gasteiger partial charge in [0.05, 0.1) is 22.9 Å². The lowest BCUT2D eigenvalue weighted by Gasteiger charge is -2.48. The molecule has 5 atom stereocenters. The van der Waals surface area contributed by atoms with Crippen LogP contribution in [-0.4, -0.2) is 96.5 Å². The van der Waals surface area contributed by atoms with Crippen LogP contribution in [0, 0.1) is 0 Å². The molecule has 4 aromatic rings. The van der Waals surface area contributed by atoms with E-state index in [0.29, 0.717) is 59.0 Å². The van der Waals surface area contributed by atoms with Gasteiger partial charge in [-0.15, -0.1) is 22.7 Å². The standard InChI is InChI=1S/C38H41N3O9S2/c1-41(28-19-26(20-29(41)36-35(28)50-36)49-37(46)38(47,33-4-2-16-51-33)34-5-3-17-52-34)14-15-48-25-9-6-23(7-10-25)30(43)12-13-39-21-32(45)24-8-11-31(44)27(18-24)40-22-42/h2-11,16-18,22,26,28-29,32,35-36,39,45,47H,12-15,19-21H2,1H3,(H-,40,42,44)/t26?,28?,29?,32-,35?,36?,41?/m0/s1. The second-order valence-corrected chi connectivity index (χ2v) is 15.6. The molecule has 0 saturated carbocycles. The number of amides is 1. The number of likely N-dealkylation sites (N-methyl/N-ethyl adjacent to an activating group) is 1. The first-order valence-electron chi connectivity index (χ1n) is 17.3. The van der Waals surface area contributed by atoms with Crippen LogP contribution in [0.25, 0.3) is 0 Å². The van der Waals surface area contributed by atoms with Gasteiger partial charge in [-0.1, -0.05) is 30.0 Å². The highest BCUT2D eigenvalue weighted by Crippen LogP contribution is 2.53. The van der Waals surface area contributed by atoms with Crippen molar-refractivity contribution >= 4 is 46.5 Å². The third kappa shape index (κ3) is 7.12. The molecule has 3 aliphatic rings. The van der Waals surface area contributed by atoms with Crippen LogP contribution in [0.15, 0.2) is 77.5 Å². The molecule has 1 amide bonds. The quantitative estimate of drug-likeness (QED) is 0.0314. The molecule has 52 heavy (non-hydrogen) atoms. The van der Waals surface area contributed by atoms with E-state index in [1.807, 2.05) is 22.9 Å². The van der Waals surface area contributed by atoms with Gasteiger partial charge in [0.1, 0.15) is 49.3 Å². The smallest absolute Gasteiger partial charge is 0.349 e. The predicted molar refractivity (Wildman–Crippen MR) is 192 cm³/mol. The van der Waals surface area contributed by atoms with E-state index in [2.05, 4.69) is 17.7 Å². The Kier molecular flexibility index (Phi) is 10.5. The molecule has 2 aromatic heterocycles. The summed E-state index contributed by atoms with van der Waals surface area (Å²) >= 11 is 2.66. The minimum atomic E-state index is -1.83. The number of carbonyl (C=O) groups excluding carboxylic acids is 3. The van der Waals surface area contributed by atoms with E-state index < -0.39 is 17.7 Å². The van der Waals surface area contributed by atoms with Crippen molar-refractivity contribution in [2.24, 2.45) is 0 Å². The molecule has 0 radical (unpaired) electrons. The fourth-order valence-electron chi connectivity index (χ4n) is 7.74. The summed E-state index contributed by atoms with van der Waals surface area (Å²) in [5.74, 6) is -0.375. The van der Waals surface area contributed by atoms with Gasteiger partial charge in [0, 0.05) is 43.6 Å². The van der Waals surface area contributed by atoms with Gasteiger partial charge in [-0.05, 0) is 58.8 Å². The Morgan fingerprint density at radius 2 is 1.73 bits per heavy atom. The summed E-state index contributed by atoms with van der Waals surface area (Å²) in [5, 5.41) is 43.0. The molecular formula is C38H41N3O9S2. The van der Waals surface area contributed by atoms with Crippen LogP contribution in [0.4, 0.5) is 5.69 Å². The number of fused-ring (bicyclic) bond motifs is 5. The lowest BCUT2D eigenvalue weighted by atomic mass is 9.94. The summed E-state index contributed by atoms with van der Waals surface area (Å²) in [6, 6.07) is 18.8. The summed E-state index contributed by atoms with van der Waals surface area (Å²) < 4.78 is 19.0. The number of Topliss-reactive ketones (excluding diaryl/α,β-unsaturated/α-hetero) is 1. The van der Waals surface area contributed by atoms with E-state index in [4.69, 9.17) is 14.2 Å². The van der Waals surface area contributed by atoms with Gasteiger partial charge in [-0.3, -0.25) is 9.59 Å². The molecule has 14 heteroatoms. The predicted octanol–water partition coefficient (Wildman–Crippen LogP) is 3.33. The van der Waals surface area contributed by atoms with Crippen molar-refractivity contribution in [2.45, 2.75) is 61.4 Å². The van der Waals surface area contributed by atoms with Crippen LogP contribution < -0.4 is 20.5 Å². The Balaban J connectivity index is 0.870.